The number of H-pyrrole nitrogens is 1. The number of nitrogens with one attached hydrogen (secondary N) is 2. The maximum absolute atomic E-state index is 4.92. The van der Waals surface area contributed by atoms with Crippen LogP contribution in [0.5, 0.6) is 0 Å². The van der Waals surface area contributed by atoms with Crippen LogP contribution in [-0.2, 0) is 6.54 Å². The van der Waals surface area contributed by atoms with E-state index >= 15 is 0 Å². The first-order chi connectivity index (χ1) is 14.8. The summed E-state index contributed by atoms with van der Waals surface area (Å²) in [5, 5.41) is 10.3. The molecule has 0 bridgehead atoms. The summed E-state index contributed by atoms with van der Waals surface area (Å²) in [6.45, 7) is 5.76. The Balaban J connectivity index is 0.00000272. The first-order valence-electron chi connectivity index (χ1n) is 10.5. The molecule has 0 saturated carbocycles. The topological polar surface area (TPSA) is 69.2 Å². The number of benzene rings is 2. The molecule has 0 radical (unpaired) electrons. The van der Waals surface area contributed by atoms with E-state index in [1.165, 1.54) is 17.6 Å². The molecule has 4 rings (SSSR count). The van der Waals surface area contributed by atoms with Crippen LogP contribution in [0.25, 0.3) is 11.4 Å². The summed E-state index contributed by atoms with van der Waals surface area (Å²) in [5.74, 6) is 3.63. The van der Waals surface area contributed by atoms with Gasteiger partial charge in [0.05, 0.1) is 6.54 Å². The Morgan fingerprint density at radius 3 is 2.87 bits per heavy atom. The number of aliphatic imine (C=N–C) groups is 1. The lowest BCUT2D eigenvalue weighted by atomic mass is 10.1. The van der Waals surface area contributed by atoms with Crippen molar-refractivity contribution in [1.82, 2.24) is 25.4 Å². The van der Waals surface area contributed by atoms with E-state index < -0.39 is 0 Å². The summed E-state index contributed by atoms with van der Waals surface area (Å²) in [7, 11) is 0. The van der Waals surface area contributed by atoms with E-state index in [9.17, 15) is 0 Å². The third-order valence-electron chi connectivity index (χ3n) is 5.18. The monoisotopic (exact) mass is 548 g/mol. The van der Waals surface area contributed by atoms with Gasteiger partial charge in [0, 0.05) is 35.8 Å². The molecule has 1 fully saturated rings. The number of rotatable bonds is 7. The van der Waals surface area contributed by atoms with Crippen LogP contribution in [0.3, 0.4) is 0 Å². The molecule has 31 heavy (non-hydrogen) atoms. The van der Waals surface area contributed by atoms with E-state index in [1.54, 1.807) is 0 Å². The van der Waals surface area contributed by atoms with Crippen molar-refractivity contribution in [2.24, 2.45) is 10.9 Å². The Hall–Kier alpha value is -2.07. The second-order valence-corrected chi connectivity index (χ2v) is 8.52. The van der Waals surface area contributed by atoms with Crippen molar-refractivity contribution in [3.8, 4) is 11.4 Å². The highest BCUT2D eigenvalue weighted by atomic mass is 127. The first-order valence-corrected chi connectivity index (χ1v) is 11.5. The van der Waals surface area contributed by atoms with Crippen LogP contribution in [0.2, 0.25) is 0 Å². The third-order valence-corrected chi connectivity index (χ3v) is 6.42. The Morgan fingerprint density at radius 1 is 1.23 bits per heavy atom. The van der Waals surface area contributed by atoms with Gasteiger partial charge in [-0.1, -0.05) is 36.4 Å². The molecule has 2 N–H and O–H groups in total. The Bertz CT molecular complexity index is 948. The lowest BCUT2D eigenvalue weighted by molar-refractivity contribution is 0.474. The average Bonchev–Trinajstić information content (AvgIpc) is 3.49. The molecule has 1 aliphatic heterocycles. The van der Waals surface area contributed by atoms with Gasteiger partial charge in [-0.25, -0.2) is 9.98 Å². The molecule has 1 aromatic heterocycles. The fourth-order valence-corrected chi connectivity index (χ4v) is 4.70. The Morgan fingerprint density at radius 2 is 2.10 bits per heavy atom. The number of hydrogen-bond donors (Lipinski definition) is 2. The van der Waals surface area contributed by atoms with Crippen LogP contribution in [0.15, 0.2) is 70.8 Å². The molecule has 0 aliphatic carbocycles. The first kappa shape index (κ1) is 23.6. The Kier molecular flexibility index (Phi) is 9.20. The molecule has 0 spiro atoms. The lowest BCUT2D eigenvalue weighted by Crippen LogP contribution is -2.40. The molecule has 1 saturated heterocycles. The number of likely N-dealkylation sites (tertiary alicyclic amines) is 1. The molecule has 8 heteroatoms. The average molecular weight is 548 g/mol. The maximum Gasteiger partial charge on any atom is 0.194 e. The summed E-state index contributed by atoms with van der Waals surface area (Å²) in [4.78, 5) is 12.9. The van der Waals surface area contributed by atoms with Gasteiger partial charge in [-0.15, -0.1) is 35.7 Å². The van der Waals surface area contributed by atoms with Crippen molar-refractivity contribution in [2.45, 2.75) is 24.8 Å². The van der Waals surface area contributed by atoms with Crippen LogP contribution in [0.4, 0.5) is 0 Å². The van der Waals surface area contributed by atoms with E-state index in [0.29, 0.717) is 12.5 Å². The molecule has 1 unspecified atom stereocenters. The minimum Gasteiger partial charge on any atom is -0.357 e. The van der Waals surface area contributed by atoms with Gasteiger partial charge in [0.25, 0.3) is 0 Å². The number of halogens is 1. The molecule has 6 nitrogen and oxygen atoms in total. The van der Waals surface area contributed by atoms with Crippen LogP contribution in [0.1, 0.15) is 18.9 Å². The van der Waals surface area contributed by atoms with Gasteiger partial charge in [-0.3, -0.25) is 5.10 Å². The quantitative estimate of drug-likeness (QED) is 0.195. The normalized spacial score (nSPS) is 16.2. The summed E-state index contributed by atoms with van der Waals surface area (Å²) < 4.78 is 0. The maximum atomic E-state index is 4.92. The van der Waals surface area contributed by atoms with Crippen molar-refractivity contribution in [3.63, 3.8) is 0 Å². The van der Waals surface area contributed by atoms with Gasteiger partial charge in [-0.2, -0.15) is 5.10 Å². The zero-order valence-corrected chi connectivity index (χ0v) is 20.8. The molecule has 0 amide bonds. The van der Waals surface area contributed by atoms with Crippen LogP contribution < -0.4 is 5.32 Å². The van der Waals surface area contributed by atoms with Crippen LogP contribution in [0, 0.1) is 5.92 Å². The summed E-state index contributed by atoms with van der Waals surface area (Å²) in [5.41, 5.74) is 2.19. The second kappa shape index (κ2) is 12.1. The van der Waals surface area contributed by atoms with Crippen molar-refractivity contribution in [1.29, 1.82) is 0 Å². The van der Waals surface area contributed by atoms with E-state index in [4.69, 9.17) is 4.99 Å². The van der Waals surface area contributed by atoms with Crippen molar-refractivity contribution in [2.75, 3.05) is 25.4 Å². The third kappa shape index (κ3) is 6.70. The number of guanidine groups is 1. The van der Waals surface area contributed by atoms with Crippen molar-refractivity contribution in [3.05, 3.63) is 66.5 Å². The minimum absolute atomic E-state index is 0. The SMILES string of the molecule is CCNC(=NCc1cccc(-c2ncn[nH]2)c1)N1CCC(CSc2ccccc2)C1.I. The van der Waals surface area contributed by atoms with Gasteiger partial charge < -0.3 is 10.2 Å². The van der Waals surface area contributed by atoms with Gasteiger partial charge in [0.2, 0.25) is 0 Å². The number of thioether (sulfide) groups is 1. The standard InChI is InChI=1S/C23H28N6S.HI/c1-2-24-23(25-14-18-7-6-8-20(13-18)22-26-17-27-28-22)29-12-11-19(15-29)16-30-21-9-4-3-5-10-21;/h3-10,13,17,19H,2,11-12,14-16H2,1H3,(H,24,25)(H,26,27,28);1H. The van der Waals surface area contributed by atoms with Gasteiger partial charge >= 0.3 is 0 Å². The molecule has 3 aromatic rings. The fourth-order valence-electron chi connectivity index (χ4n) is 3.65. The lowest BCUT2D eigenvalue weighted by Gasteiger charge is -2.21. The van der Waals surface area contributed by atoms with Gasteiger partial charge in [-0.05, 0) is 43.0 Å². The van der Waals surface area contributed by atoms with E-state index in [1.807, 2.05) is 23.9 Å². The highest BCUT2D eigenvalue weighted by Crippen LogP contribution is 2.26. The number of hydrogen-bond acceptors (Lipinski definition) is 4. The summed E-state index contributed by atoms with van der Waals surface area (Å²) in [6.07, 6.45) is 2.74. The molecule has 2 heterocycles. The molecule has 164 valence electrons. The van der Waals surface area contributed by atoms with E-state index in [-0.39, 0.29) is 24.0 Å². The number of aromatic nitrogens is 3. The summed E-state index contributed by atoms with van der Waals surface area (Å²) in [6, 6.07) is 19.0. The predicted molar refractivity (Wildman–Crippen MR) is 139 cm³/mol. The summed E-state index contributed by atoms with van der Waals surface area (Å²) >= 11 is 1.95. The highest BCUT2D eigenvalue weighted by Gasteiger charge is 2.24. The van der Waals surface area contributed by atoms with Crippen molar-refractivity contribution >= 4 is 41.7 Å². The van der Waals surface area contributed by atoms with Gasteiger partial charge in [0.1, 0.15) is 6.33 Å². The molecule has 2 aromatic carbocycles. The zero-order chi connectivity index (χ0) is 20.6. The second-order valence-electron chi connectivity index (χ2n) is 7.43. The molecular formula is C23H29IN6S. The van der Waals surface area contributed by atoms with E-state index in [2.05, 4.69) is 74.8 Å². The minimum atomic E-state index is 0. The van der Waals surface area contributed by atoms with Crippen LogP contribution >= 0.6 is 35.7 Å². The van der Waals surface area contributed by atoms with E-state index in [0.717, 1.165) is 48.3 Å². The Labute approximate surface area is 205 Å². The number of nitrogens with zero attached hydrogens (tertiary/aromatic N) is 4. The fraction of sp³-hybridized carbons (Fsp3) is 0.348. The molecule has 1 aliphatic rings. The largest absolute Gasteiger partial charge is 0.357 e. The highest BCUT2D eigenvalue weighted by molar-refractivity contribution is 14.0. The van der Waals surface area contributed by atoms with Crippen molar-refractivity contribution < 1.29 is 0 Å². The number of aromatic amines is 1. The smallest absolute Gasteiger partial charge is 0.194 e. The molecule has 1 atom stereocenters. The molecular weight excluding hydrogens is 519 g/mol. The van der Waals surface area contributed by atoms with Crippen LogP contribution in [-0.4, -0.2) is 51.4 Å². The van der Waals surface area contributed by atoms with Gasteiger partial charge in [0.15, 0.2) is 11.8 Å². The predicted octanol–water partition coefficient (Wildman–Crippen LogP) is 4.67. The zero-order valence-electron chi connectivity index (χ0n) is 17.7.